The monoisotopic (exact) mass is 477 g/mol. The minimum atomic E-state index is -1.74. The summed E-state index contributed by atoms with van der Waals surface area (Å²) < 4.78 is 0. The van der Waals surface area contributed by atoms with Crippen LogP contribution in [0.3, 0.4) is 0 Å². The van der Waals surface area contributed by atoms with Crippen molar-refractivity contribution in [3.63, 3.8) is 0 Å². The number of nitrogens with one attached hydrogen (secondary N) is 3. The molecule has 1 aromatic carbocycles. The van der Waals surface area contributed by atoms with Crippen LogP contribution in [0.25, 0.3) is 0 Å². The third-order valence-corrected chi connectivity index (χ3v) is 5.90. The Morgan fingerprint density at radius 2 is 1.56 bits per heavy atom. The Kier molecular flexibility index (Phi) is 11.2. The summed E-state index contributed by atoms with van der Waals surface area (Å²) in [5.74, 6) is -3.19. The molecule has 0 saturated heterocycles. The fourth-order valence-corrected chi connectivity index (χ4v) is 4.03. The van der Waals surface area contributed by atoms with E-state index < -0.39 is 35.3 Å². The van der Waals surface area contributed by atoms with Crippen molar-refractivity contribution < 1.29 is 24.7 Å². The zero-order valence-electron chi connectivity index (χ0n) is 21.9. The SMILES string of the molecule is CCCCc1cc(C)c(NC(=O)C(NC(=O)[C@H](CC(C)C)[C@H](O)C(=O)NO)C(C)(C)C)c(C)c1. The van der Waals surface area contributed by atoms with E-state index in [4.69, 9.17) is 5.21 Å². The molecule has 0 bridgehead atoms. The molecule has 0 radical (unpaired) electrons. The topological polar surface area (TPSA) is 128 Å². The molecule has 192 valence electrons. The molecule has 34 heavy (non-hydrogen) atoms. The highest BCUT2D eigenvalue weighted by Gasteiger charge is 2.38. The average Bonchev–Trinajstić information content (AvgIpc) is 2.74. The lowest BCUT2D eigenvalue weighted by Crippen LogP contribution is -2.55. The molecule has 1 rings (SSSR count). The van der Waals surface area contributed by atoms with Crippen molar-refractivity contribution in [2.24, 2.45) is 17.3 Å². The predicted molar refractivity (Wildman–Crippen MR) is 133 cm³/mol. The molecule has 0 aromatic heterocycles. The Morgan fingerprint density at radius 1 is 1.00 bits per heavy atom. The summed E-state index contributed by atoms with van der Waals surface area (Å²) in [6.45, 7) is 15.3. The van der Waals surface area contributed by atoms with Crippen molar-refractivity contribution in [3.8, 4) is 0 Å². The lowest BCUT2D eigenvalue weighted by molar-refractivity contribution is -0.147. The molecule has 3 amide bonds. The van der Waals surface area contributed by atoms with Gasteiger partial charge in [-0.15, -0.1) is 0 Å². The molecule has 0 aliphatic rings. The molecule has 1 aromatic rings. The molecular formula is C26H43N3O5. The van der Waals surface area contributed by atoms with Gasteiger partial charge < -0.3 is 15.7 Å². The van der Waals surface area contributed by atoms with Crippen LogP contribution in [0.5, 0.6) is 0 Å². The van der Waals surface area contributed by atoms with Gasteiger partial charge >= 0.3 is 0 Å². The number of carbonyl (C=O) groups excluding carboxylic acids is 3. The fourth-order valence-electron chi connectivity index (χ4n) is 4.03. The van der Waals surface area contributed by atoms with E-state index in [2.05, 4.69) is 29.7 Å². The Morgan fingerprint density at radius 3 is 2.00 bits per heavy atom. The smallest absolute Gasteiger partial charge is 0.272 e. The van der Waals surface area contributed by atoms with E-state index in [1.54, 1.807) is 0 Å². The molecule has 0 spiro atoms. The third kappa shape index (κ3) is 8.40. The molecule has 8 nitrogen and oxygen atoms in total. The van der Waals surface area contributed by atoms with Crippen LogP contribution in [0, 0.1) is 31.1 Å². The third-order valence-electron chi connectivity index (χ3n) is 5.90. The lowest BCUT2D eigenvalue weighted by atomic mass is 9.84. The Balaban J connectivity index is 3.17. The number of anilines is 1. The number of benzene rings is 1. The van der Waals surface area contributed by atoms with Gasteiger partial charge in [0.25, 0.3) is 5.91 Å². The van der Waals surface area contributed by atoms with E-state index >= 15 is 0 Å². The number of hydrogen-bond acceptors (Lipinski definition) is 5. The van der Waals surface area contributed by atoms with Gasteiger partial charge in [0.1, 0.15) is 12.1 Å². The van der Waals surface area contributed by atoms with E-state index in [0.717, 1.165) is 30.4 Å². The standard InChI is InChI=1S/C26H43N3O5/c1-9-10-11-18-13-16(4)20(17(5)14-18)27-25(33)22(26(6,7)8)28-23(31)19(12-15(2)3)21(30)24(32)29-34/h13-15,19,21-22,30,34H,9-12H2,1-8H3,(H,27,33)(H,28,31)(H,29,32)/t19-,21+,22?/m1/s1. The molecule has 0 aliphatic heterocycles. The summed E-state index contributed by atoms with van der Waals surface area (Å²) in [4.78, 5) is 38.3. The van der Waals surface area contributed by atoms with Crippen LogP contribution in [0.1, 0.15) is 77.5 Å². The number of aliphatic hydroxyl groups is 1. The number of rotatable bonds is 11. The van der Waals surface area contributed by atoms with Crippen LogP contribution in [0.15, 0.2) is 12.1 Å². The Labute approximate surface area is 203 Å². The number of aliphatic hydroxyl groups excluding tert-OH is 1. The van der Waals surface area contributed by atoms with Gasteiger partial charge in [-0.25, -0.2) is 5.48 Å². The molecular weight excluding hydrogens is 434 g/mol. The highest BCUT2D eigenvalue weighted by atomic mass is 16.5. The number of amides is 3. The Hall–Kier alpha value is -2.45. The second-order valence-electron chi connectivity index (χ2n) is 10.7. The molecule has 1 unspecified atom stereocenters. The number of aryl methyl sites for hydroxylation is 3. The molecule has 0 aliphatic carbocycles. The van der Waals surface area contributed by atoms with Crippen LogP contribution >= 0.6 is 0 Å². The quantitative estimate of drug-likeness (QED) is 0.246. The van der Waals surface area contributed by atoms with Crippen molar-refractivity contribution in [1.29, 1.82) is 0 Å². The first kappa shape index (κ1) is 29.6. The van der Waals surface area contributed by atoms with Gasteiger partial charge in [-0.2, -0.15) is 0 Å². The second kappa shape index (κ2) is 12.9. The average molecular weight is 478 g/mol. The largest absolute Gasteiger partial charge is 0.382 e. The van der Waals surface area contributed by atoms with Crippen molar-refractivity contribution in [1.82, 2.24) is 10.8 Å². The van der Waals surface area contributed by atoms with Gasteiger partial charge in [0.15, 0.2) is 0 Å². The van der Waals surface area contributed by atoms with Crippen molar-refractivity contribution in [2.45, 2.75) is 93.2 Å². The molecule has 0 fully saturated rings. The zero-order chi connectivity index (χ0) is 26.2. The van der Waals surface area contributed by atoms with Gasteiger partial charge in [-0.3, -0.25) is 19.6 Å². The zero-order valence-corrected chi connectivity index (χ0v) is 21.9. The minimum Gasteiger partial charge on any atom is -0.382 e. The van der Waals surface area contributed by atoms with E-state index in [1.807, 2.05) is 48.5 Å². The summed E-state index contributed by atoms with van der Waals surface area (Å²) in [6, 6.07) is 3.23. The van der Waals surface area contributed by atoms with Gasteiger partial charge in [0.2, 0.25) is 11.8 Å². The summed E-state index contributed by atoms with van der Waals surface area (Å²) in [5, 5.41) is 24.9. The Bertz CT molecular complexity index is 837. The van der Waals surface area contributed by atoms with Crippen LogP contribution < -0.4 is 16.1 Å². The lowest BCUT2D eigenvalue weighted by Gasteiger charge is -2.33. The van der Waals surface area contributed by atoms with Crippen LogP contribution in [-0.2, 0) is 20.8 Å². The summed E-state index contributed by atoms with van der Waals surface area (Å²) in [5.41, 5.74) is 4.59. The van der Waals surface area contributed by atoms with E-state index in [-0.39, 0.29) is 18.2 Å². The van der Waals surface area contributed by atoms with Crippen molar-refractivity contribution >= 4 is 23.4 Å². The van der Waals surface area contributed by atoms with Gasteiger partial charge in [-0.1, -0.05) is 60.1 Å². The van der Waals surface area contributed by atoms with Crippen LogP contribution in [0.4, 0.5) is 5.69 Å². The molecule has 3 atom stereocenters. The fraction of sp³-hybridized carbons (Fsp3) is 0.654. The normalized spacial score (nSPS) is 14.3. The van der Waals surface area contributed by atoms with Gasteiger partial charge in [0, 0.05) is 5.69 Å². The summed E-state index contributed by atoms with van der Waals surface area (Å²) in [7, 11) is 0. The van der Waals surface area contributed by atoms with Gasteiger partial charge in [0.05, 0.1) is 5.92 Å². The van der Waals surface area contributed by atoms with Crippen LogP contribution in [-0.4, -0.2) is 40.2 Å². The first-order valence-corrected chi connectivity index (χ1v) is 12.1. The van der Waals surface area contributed by atoms with Gasteiger partial charge in [-0.05, 0) is 61.1 Å². The molecule has 0 saturated carbocycles. The maximum atomic E-state index is 13.4. The second-order valence-corrected chi connectivity index (χ2v) is 10.7. The minimum absolute atomic E-state index is 0.00433. The molecule has 8 heteroatoms. The maximum Gasteiger partial charge on any atom is 0.272 e. The number of hydrogen-bond donors (Lipinski definition) is 5. The summed E-state index contributed by atoms with van der Waals surface area (Å²) >= 11 is 0. The first-order valence-electron chi connectivity index (χ1n) is 12.1. The number of hydroxylamine groups is 1. The maximum absolute atomic E-state index is 13.4. The predicted octanol–water partition coefficient (Wildman–Crippen LogP) is 3.64. The highest BCUT2D eigenvalue weighted by Crippen LogP contribution is 2.27. The number of unbranched alkanes of at least 4 members (excludes halogenated alkanes) is 1. The molecule has 5 N–H and O–H groups in total. The molecule has 0 heterocycles. The van der Waals surface area contributed by atoms with Crippen molar-refractivity contribution in [3.05, 3.63) is 28.8 Å². The summed E-state index contributed by atoms with van der Waals surface area (Å²) in [6.07, 6.45) is 1.65. The van der Waals surface area contributed by atoms with E-state index in [9.17, 15) is 19.5 Å². The van der Waals surface area contributed by atoms with E-state index in [1.165, 1.54) is 11.0 Å². The van der Waals surface area contributed by atoms with E-state index in [0.29, 0.717) is 5.69 Å². The van der Waals surface area contributed by atoms with Crippen LogP contribution in [0.2, 0.25) is 0 Å². The highest BCUT2D eigenvalue weighted by molar-refractivity contribution is 5.99. The first-order chi connectivity index (χ1) is 15.7. The number of carbonyl (C=O) groups is 3. The van der Waals surface area contributed by atoms with Crippen molar-refractivity contribution in [2.75, 3.05) is 5.32 Å².